The zero-order valence-corrected chi connectivity index (χ0v) is 14.7. The molecule has 4 nitrogen and oxygen atoms in total. The number of anilines is 1. The van der Waals surface area contributed by atoms with Crippen LogP contribution in [-0.2, 0) is 16.1 Å². The first-order valence-corrected chi connectivity index (χ1v) is 9.10. The first-order chi connectivity index (χ1) is 12.6. The smallest absolute Gasteiger partial charge is 0.253 e. The molecule has 2 heterocycles. The van der Waals surface area contributed by atoms with E-state index in [2.05, 4.69) is 4.90 Å². The standard InChI is InChI=1S/C21H23FN2O2/c22-18-8-6-17(7-9-18)14-23-12-10-21(11-13-23)16-24(20(25)15-26-21)19-4-2-1-3-5-19/h1-9H,10-16H2. The third kappa shape index (κ3) is 3.64. The predicted molar refractivity (Wildman–Crippen MR) is 98.4 cm³/mol. The summed E-state index contributed by atoms with van der Waals surface area (Å²) in [4.78, 5) is 16.5. The van der Waals surface area contributed by atoms with Gasteiger partial charge in [0.1, 0.15) is 12.4 Å². The summed E-state index contributed by atoms with van der Waals surface area (Å²) in [5.41, 5.74) is 1.80. The Morgan fingerprint density at radius 3 is 2.38 bits per heavy atom. The molecule has 2 aliphatic rings. The minimum Gasteiger partial charge on any atom is -0.363 e. The van der Waals surface area contributed by atoms with Gasteiger partial charge in [0.2, 0.25) is 0 Å². The maximum atomic E-state index is 13.0. The van der Waals surface area contributed by atoms with Crippen LogP contribution in [0, 0.1) is 5.82 Å². The van der Waals surface area contributed by atoms with Gasteiger partial charge in [-0.1, -0.05) is 30.3 Å². The van der Waals surface area contributed by atoms with E-state index in [0.717, 1.165) is 43.7 Å². The molecular formula is C21H23FN2O2. The number of nitrogens with zero attached hydrogens (tertiary/aromatic N) is 2. The monoisotopic (exact) mass is 354 g/mol. The van der Waals surface area contributed by atoms with Gasteiger partial charge in [-0.05, 0) is 42.7 Å². The summed E-state index contributed by atoms with van der Waals surface area (Å²) in [6, 6.07) is 16.5. The van der Waals surface area contributed by atoms with Crippen LogP contribution in [0.5, 0.6) is 0 Å². The lowest BCUT2D eigenvalue weighted by Crippen LogP contribution is -2.58. The molecule has 0 N–H and O–H groups in total. The summed E-state index contributed by atoms with van der Waals surface area (Å²) in [6.07, 6.45) is 1.79. The summed E-state index contributed by atoms with van der Waals surface area (Å²) in [7, 11) is 0. The molecule has 26 heavy (non-hydrogen) atoms. The number of morpholine rings is 1. The Morgan fingerprint density at radius 2 is 1.69 bits per heavy atom. The van der Waals surface area contributed by atoms with Gasteiger partial charge in [-0.2, -0.15) is 0 Å². The normalized spacial score (nSPS) is 20.5. The number of hydrogen-bond acceptors (Lipinski definition) is 3. The van der Waals surface area contributed by atoms with Gasteiger partial charge in [0.15, 0.2) is 0 Å². The quantitative estimate of drug-likeness (QED) is 0.848. The van der Waals surface area contributed by atoms with Gasteiger partial charge in [0.05, 0.1) is 12.1 Å². The highest BCUT2D eigenvalue weighted by molar-refractivity contribution is 5.95. The number of para-hydroxylation sites is 1. The number of likely N-dealkylation sites (tertiary alicyclic amines) is 1. The lowest BCUT2D eigenvalue weighted by molar-refractivity contribution is -0.144. The Labute approximate surface area is 153 Å². The molecule has 2 aromatic rings. The Hall–Kier alpha value is -2.24. The molecule has 2 fully saturated rings. The lowest BCUT2D eigenvalue weighted by atomic mass is 9.88. The molecule has 2 saturated heterocycles. The highest BCUT2D eigenvalue weighted by atomic mass is 19.1. The van der Waals surface area contributed by atoms with Crippen molar-refractivity contribution in [1.82, 2.24) is 4.90 Å². The molecule has 1 spiro atoms. The first kappa shape index (κ1) is 17.2. The second-order valence-corrected chi connectivity index (χ2v) is 7.19. The molecule has 2 aliphatic heterocycles. The van der Waals surface area contributed by atoms with Crippen molar-refractivity contribution in [2.75, 3.05) is 31.1 Å². The van der Waals surface area contributed by atoms with Crippen LogP contribution < -0.4 is 4.90 Å². The van der Waals surface area contributed by atoms with E-state index >= 15 is 0 Å². The molecule has 0 bridgehead atoms. The number of carbonyl (C=O) groups excluding carboxylic acids is 1. The van der Waals surface area contributed by atoms with E-state index in [1.54, 1.807) is 0 Å². The van der Waals surface area contributed by atoms with Gasteiger partial charge in [-0.25, -0.2) is 4.39 Å². The summed E-state index contributed by atoms with van der Waals surface area (Å²) in [5, 5.41) is 0. The molecule has 0 aliphatic carbocycles. The fourth-order valence-corrected chi connectivity index (χ4v) is 3.83. The van der Waals surface area contributed by atoms with Crippen molar-refractivity contribution in [2.45, 2.75) is 25.0 Å². The molecular weight excluding hydrogens is 331 g/mol. The van der Waals surface area contributed by atoms with E-state index in [1.165, 1.54) is 12.1 Å². The van der Waals surface area contributed by atoms with Crippen molar-refractivity contribution < 1.29 is 13.9 Å². The van der Waals surface area contributed by atoms with Crippen molar-refractivity contribution in [3.05, 3.63) is 66.0 Å². The average molecular weight is 354 g/mol. The Bertz CT molecular complexity index is 755. The molecule has 2 aromatic carbocycles. The van der Waals surface area contributed by atoms with Crippen LogP contribution in [-0.4, -0.2) is 42.6 Å². The number of halogens is 1. The number of benzene rings is 2. The number of piperidine rings is 1. The fourth-order valence-electron chi connectivity index (χ4n) is 3.83. The average Bonchev–Trinajstić information content (AvgIpc) is 2.68. The van der Waals surface area contributed by atoms with Crippen LogP contribution in [0.1, 0.15) is 18.4 Å². The van der Waals surface area contributed by atoms with Gasteiger partial charge < -0.3 is 9.64 Å². The molecule has 5 heteroatoms. The lowest BCUT2D eigenvalue weighted by Gasteiger charge is -2.47. The zero-order valence-electron chi connectivity index (χ0n) is 14.7. The fraction of sp³-hybridized carbons (Fsp3) is 0.381. The first-order valence-electron chi connectivity index (χ1n) is 9.10. The van der Waals surface area contributed by atoms with Gasteiger partial charge >= 0.3 is 0 Å². The van der Waals surface area contributed by atoms with Crippen LogP contribution >= 0.6 is 0 Å². The molecule has 0 radical (unpaired) electrons. The third-order valence-corrected chi connectivity index (χ3v) is 5.40. The molecule has 136 valence electrons. The summed E-state index contributed by atoms with van der Waals surface area (Å²) in [5.74, 6) is -0.178. The van der Waals surface area contributed by atoms with E-state index < -0.39 is 0 Å². The minimum absolute atomic E-state index is 0.0237. The Morgan fingerprint density at radius 1 is 1.00 bits per heavy atom. The molecule has 0 saturated carbocycles. The van der Waals surface area contributed by atoms with Crippen molar-refractivity contribution >= 4 is 11.6 Å². The zero-order chi connectivity index (χ0) is 18.0. The topological polar surface area (TPSA) is 32.8 Å². The molecule has 0 atom stereocenters. The minimum atomic E-state index is -0.261. The van der Waals surface area contributed by atoms with E-state index in [0.29, 0.717) is 6.54 Å². The largest absolute Gasteiger partial charge is 0.363 e. The van der Waals surface area contributed by atoms with Crippen molar-refractivity contribution in [3.63, 3.8) is 0 Å². The van der Waals surface area contributed by atoms with Crippen LogP contribution in [0.4, 0.5) is 10.1 Å². The van der Waals surface area contributed by atoms with Crippen LogP contribution in [0.2, 0.25) is 0 Å². The number of ether oxygens (including phenoxy) is 1. The van der Waals surface area contributed by atoms with Crippen LogP contribution in [0.25, 0.3) is 0 Å². The molecule has 0 unspecified atom stereocenters. The van der Waals surface area contributed by atoms with E-state index in [-0.39, 0.29) is 23.9 Å². The highest BCUT2D eigenvalue weighted by Crippen LogP contribution is 2.33. The Kier molecular flexibility index (Phi) is 4.74. The third-order valence-electron chi connectivity index (χ3n) is 5.40. The summed E-state index contributed by atoms with van der Waals surface area (Å²) in [6.45, 7) is 3.40. The van der Waals surface area contributed by atoms with Crippen LogP contribution in [0.15, 0.2) is 54.6 Å². The second-order valence-electron chi connectivity index (χ2n) is 7.19. The van der Waals surface area contributed by atoms with Crippen molar-refractivity contribution in [3.8, 4) is 0 Å². The SMILES string of the molecule is O=C1COC2(CCN(Cc3ccc(F)cc3)CC2)CN1c1ccccc1. The number of hydrogen-bond donors (Lipinski definition) is 0. The number of amides is 1. The highest BCUT2D eigenvalue weighted by Gasteiger charge is 2.42. The van der Waals surface area contributed by atoms with E-state index in [1.807, 2.05) is 47.4 Å². The number of carbonyl (C=O) groups is 1. The molecule has 0 aromatic heterocycles. The van der Waals surface area contributed by atoms with Gasteiger partial charge in [-0.15, -0.1) is 0 Å². The van der Waals surface area contributed by atoms with E-state index in [9.17, 15) is 9.18 Å². The summed E-state index contributed by atoms with van der Waals surface area (Å²) >= 11 is 0. The molecule has 1 amide bonds. The van der Waals surface area contributed by atoms with Crippen molar-refractivity contribution in [2.24, 2.45) is 0 Å². The van der Waals surface area contributed by atoms with Crippen molar-refractivity contribution in [1.29, 1.82) is 0 Å². The maximum absolute atomic E-state index is 13.0. The Balaban J connectivity index is 1.40. The van der Waals surface area contributed by atoms with Crippen LogP contribution in [0.3, 0.4) is 0 Å². The van der Waals surface area contributed by atoms with Gasteiger partial charge in [0.25, 0.3) is 5.91 Å². The second kappa shape index (κ2) is 7.17. The number of rotatable bonds is 3. The maximum Gasteiger partial charge on any atom is 0.253 e. The van der Waals surface area contributed by atoms with E-state index in [4.69, 9.17) is 4.74 Å². The summed E-state index contributed by atoms with van der Waals surface area (Å²) < 4.78 is 19.1. The molecule has 4 rings (SSSR count). The van der Waals surface area contributed by atoms with Gasteiger partial charge in [-0.3, -0.25) is 9.69 Å². The predicted octanol–water partition coefficient (Wildman–Crippen LogP) is 3.22. The van der Waals surface area contributed by atoms with Gasteiger partial charge in [0, 0.05) is 25.3 Å².